The first-order valence-electron chi connectivity index (χ1n) is 23.4. The summed E-state index contributed by atoms with van der Waals surface area (Å²) in [6.07, 6.45) is -12.9. The van der Waals surface area contributed by atoms with Crippen LogP contribution < -0.4 is 0 Å². The van der Waals surface area contributed by atoms with Crippen molar-refractivity contribution in [1.29, 1.82) is 0 Å². The first kappa shape index (κ1) is 49.0. The Balaban J connectivity index is 0.975. The van der Waals surface area contributed by atoms with Gasteiger partial charge in [-0.3, -0.25) is 4.79 Å². The Morgan fingerprint density at radius 3 is 2.06 bits per heavy atom. The van der Waals surface area contributed by atoms with Gasteiger partial charge in [0.15, 0.2) is 18.7 Å². The van der Waals surface area contributed by atoms with Gasteiger partial charge >= 0.3 is 5.97 Å². The molecule has 0 aromatic heterocycles. The molecular formula is C46H74O18. The topological polar surface area (TPSA) is 284 Å². The zero-order valence-electron chi connectivity index (χ0n) is 38.2. The second-order valence-corrected chi connectivity index (χ2v) is 22.7. The first-order valence-corrected chi connectivity index (χ1v) is 23.4. The van der Waals surface area contributed by atoms with Crippen LogP contribution in [-0.2, 0) is 38.3 Å². The van der Waals surface area contributed by atoms with E-state index in [9.17, 15) is 55.9 Å². The lowest BCUT2D eigenvalue weighted by atomic mass is 9.33. The van der Waals surface area contributed by atoms with Gasteiger partial charge in [0.25, 0.3) is 0 Å². The molecule has 10 N–H and O–H groups in total. The molecule has 18 nitrogen and oxygen atoms in total. The van der Waals surface area contributed by atoms with Gasteiger partial charge in [-0.1, -0.05) is 60.1 Å². The fourth-order valence-electron chi connectivity index (χ4n) is 14.6. The van der Waals surface area contributed by atoms with Crippen LogP contribution in [0.5, 0.6) is 0 Å². The minimum Gasteiger partial charge on any atom is -0.481 e. The van der Waals surface area contributed by atoms with Crippen molar-refractivity contribution in [2.75, 3.05) is 19.8 Å². The van der Waals surface area contributed by atoms with E-state index in [-0.39, 0.29) is 40.6 Å². The van der Waals surface area contributed by atoms with E-state index in [1.54, 1.807) is 0 Å². The van der Waals surface area contributed by atoms with Gasteiger partial charge in [-0.15, -0.1) is 0 Å². The molecule has 0 spiro atoms. The first-order chi connectivity index (χ1) is 29.9. The van der Waals surface area contributed by atoms with Crippen LogP contribution in [0.3, 0.4) is 0 Å². The van der Waals surface area contributed by atoms with Crippen LogP contribution >= 0.6 is 0 Å². The minimum atomic E-state index is -1.79. The lowest BCUT2D eigenvalue weighted by molar-refractivity contribution is -0.457. The third-order valence-corrected chi connectivity index (χ3v) is 18.6. The molecule has 5 aliphatic carbocycles. The van der Waals surface area contributed by atoms with Crippen LogP contribution in [0.4, 0.5) is 0 Å². The quantitative estimate of drug-likeness (QED) is 0.0665. The van der Waals surface area contributed by atoms with Gasteiger partial charge in [0, 0.05) is 0 Å². The Labute approximate surface area is 374 Å². The Bertz CT molecular complexity index is 1740. The molecule has 64 heavy (non-hydrogen) atoms. The van der Waals surface area contributed by atoms with Gasteiger partial charge in [0.2, 0.25) is 6.29 Å². The van der Waals surface area contributed by atoms with E-state index >= 15 is 0 Å². The van der Waals surface area contributed by atoms with Crippen LogP contribution in [0.25, 0.3) is 0 Å². The Morgan fingerprint density at radius 1 is 0.703 bits per heavy atom. The summed E-state index contributed by atoms with van der Waals surface area (Å²) in [5.74, 6) is -0.740. The number of fused-ring (bicyclic) bond motifs is 7. The maximum Gasteiger partial charge on any atom is 0.312 e. The number of aliphatic carboxylic acids is 1. The molecule has 22 atom stereocenters. The van der Waals surface area contributed by atoms with Crippen LogP contribution in [-0.4, -0.2) is 169 Å². The lowest BCUT2D eigenvalue weighted by Gasteiger charge is -2.71. The van der Waals surface area contributed by atoms with Gasteiger partial charge in [-0.05, 0) is 103 Å². The number of rotatable bonds is 9. The molecule has 8 rings (SSSR count). The lowest BCUT2D eigenvalue weighted by Crippen LogP contribution is -2.68. The Hall–Kier alpha value is -1.43. The third kappa shape index (κ3) is 7.56. The number of hydrogen-bond acceptors (Lipinski definition) is 17. The third-order valence-electron chi connectivity index (χ3n) is 18.6. The molecule has 7 fully saturated rings. The maximum atomic E-state index is 13.2. The van der Waals surface area contributed by atoms with E-state index in [1.165, 1.54) is 5.57 Å². The van der Waals surface area contributed by atoms with Crippen molar-refractivity contribution in [2.24, 2.45) is 50.2 Å². The Morgan fingerprint density at radius 2 is 1.38 bits per heavy atom. The average molecular weight is 915 g/mol. The molecule has 3 aliphatic heterocycles. The van der Waals surface area contributed by atoms with E-state index in [0.29, 0.717) is 19.3 Å². The van der Waals surface area contributed by atoms with Gasteiger partial charge in [-0.2, -0.15) is 0 Å². The van der Waals surface area contributed by atoms with Crippen LogP contribution in [0.15, 0.2) is 11.6 Å². The van der Waals surface area contributed by atoms with Crippen molar-refractivity contribution in [2.45, 2.75) is 198 Å². The predicted molar refractivity (Wildman–Crippen MR) is 221 cm³/mol. The number of carboxylic acids is 1. The SMILES string of the molecule is CC1(C)CC[C@]2(C(=O)O)[C@H](O)C[C@]3(C)C(=CC[C@@H]4[C@@]5(C)CC[C@H](O[C@H]6O[C@@H](CO)[C@H](O)[C@@H](O[C@@H]7OC[C@@H](O)[C@@H](OO[C@H]8OC[C@H](O)[C@@H](O)[C@@H]8O)[C@@H]7O)[C@@H]6O)C(C)(C)[C@@H]5CC[C@]43C)[C@H]2C1. The summed E-state index contributed by atoms with van der Waals surface area (Å²) in [6.45, 7) is 14.3. The van der Waals surface area contributed by atoms with E-state index in [4.69, 9.17) is 33.5 Å². The highest BCUT2D eigenvalue weighted by Gasteiger charge is 2.71. The van der Waals surface area contributed by atoms with Gasteiger partial charge in [-0.25, -0.2) is 9.78 Å². The normalized spacial score (nSPS) is 53.5. The van der Waals surface area contributed by atoms with Crippen LogP contribution in [0, 0.1) is 50.2 Å². The number of carbonyl (C=O) groups is 1. The molecule has 3 saturated heterocycles. The molecule has 0 radical (unpaired) electrons. The van der Waals surface area contributed by atoms with Gasteiger partial charge in [0.05, 0.1) is 32.0 Å². The van der Waals surface area contributed by atoms with E-state index in [0.717, 1.165) is 38.5 Å². The highest BCUT2D eigenvalue weighted by molar-refractivity contribution is 5.77. The minimum absolute atomic E-state index is 0.0407. The fraction of sp³-hybridized carbons (Fsp3) is 0.935. The number of allylic oxidation sites excluding steroid dienone is 2. The van der Waals surface area contributed by atoms with E-state index in [1.807, 2.05) is 0 Å². The second kappa shape index (κ2) is 17.2. The highest BCUT2D eigenvalue weighted by Crippen LogP contribution is 2.76. The molecule has 366 valence electrons. The molecule has 0 bridgehead atoms. The monoisotopic (exact) mass is 914 g/mol. The maximum absolute atomic E-state index is 13.2. The second-order valence-electron chi connectivity index (χ2n) is 22.7. The molecule has 0 unspecified atom stereocenters. The summed E-state index contributed by atoms with van der Waals surface area (Å²) >= 11 is 0. The number of carboxylic acid groups (broad SMARTS) is 1. The highest BCUT2D eigenvalue weighted by atomic mass is 17.2. The zero-order chi connectivity index (χ0) is 46.7. The number of hydrogen-bond donors (Lipinski definition) is 10. The van der Waals surface area contributed by atoms with Crippen molar-refractivity contribution >= 4 is 5.97 Å². The van der Waals surface area contributed by atoms with Crippen molar-refractivity contribution in [1.82, 2.24) is 0 Å². The molecule has 0 aromatic carbocycles. The summed E-state index contributed by atoms with van der Waals surface area (Å²) in [5, 5.41) is 108. The van der Waals surface area contributed by atoms with Gasteiger partial charge < -0.3 is 74.7 Å². The largest absolute Gasteiger partial charge is 0.481 e. The fourth-order valence-corrected chi connectivity index (χ4v) is 14.6. The van der Waals surface area contributed by atoms with Crippen LogP contribution in [0.1, 0.15) is 106 Å². The number of ether oxygens (including phenoxy) is 5. The van der Waals surface area contributed by atoms with Crippen molar-refractivity contribution < 1.29 is 89.3 Å². The average Bonchev–Trinajstić information content (AvgIpc) is 3.21. The molecule has 0 aromatic rings. The van der Waals surface area contributed by atoms with Crippen molar-refractivity contribution in [3.05, 3.63) is 11.6 Å². The van der Waals surface area contributed by atoms with Crippen LogP contribution in [0.2, 0.25) is 0 Å². The summed E-state index contributed by atoms with van der Waals surface area (Å²) in [5.41, 5.74) is -1.25. The summed E-state index contributed by atoms with van der Waals surface area (Å²) in [4.78, 5) is 23.5. The molecule has 18 heteroatoms. The van der Waals surface area contributed by atoms with Crippen molar-refractivity contribution in [3.8, 4) is 0 Å². The molecule has 3 heterocycles. The summed E-state index contributed by atoms with van der Waals surface area (Å²) < 4.78 is 29.4. The smallest absolute Gasteiger partial charge is 0.312 e. The number of aliphatic hydroxyl groups is 9. The predicted octanol–water partition coefficient (Wildman–Crippen LogP) is 0.887. The molecule has 4 saturated carbocycles. The standard InChI is InChI=1S/C46H74O18/c1-41(2)14-15-46(40(56)57)22(16-41)21-8-9-27-43(5)12-11-29(42(3,4)26(43)10-13-44(27,6)45(21,7)17-28(46)50)61-39-34(55)36(31(52)25(18-47)60-39)62-37-33(54)35(24(49)20-58-37)63-64-38-32(53)30(51)23(48)19-59-38/h8,22-39,47-55H,9-20H2,1-7H3,(H,56,57)/t22-,23+,24-,25+,26+,27-,28-,29+,30-,31+,32+,33+,34+,35-,36-,37+,38-,39-,43+,44-,45-,46-/m1/s1. The molecule has 0 amide bonds. The summed E-state index contributed by atoms with van der Waals surface area (Å²) in [6, 6.07) is 0. The van der Waals surface area contributed by atoms with E-state index in [2.05, 4.69) is 54.5 Å². The molecule has 8 aliphatic rings. The number of aliphatic hydroxyl groups excluding tert-OH is 9. The van der Waals surface area contributed by atoms with Crippen molar-refractivity contribution in [3.63, 3.8) is 0 Å². The molecular weight excluding hydrogens is 840 g/mol. The van der Waals surface area contributed by atoms with Gasteiger partial charge in [0.1, 0.15) is 60.4 Å². The Kier molecular flexibility index (Phi) is 13.2. The van der Waals surface area contributed by atoms with E-state index < -0.39 is 128 Å². The zero-order valence-corrected chi connectivity index (χ0v) is 38.2. The summed E-state index contributed by atoms with van der Waals surface area (Å²) in [7, 11) is 0.